The van der Waals surface area contributed by atoms with Crippen LogP contribution in [0.4, 0.5) is 0 Å². The summed E-state index contributed by atoms with van der Waals surface area (Å²) in [6.07, 6.45) is 3.80. The molecule has 1 rings (SSSR count). The molecule has 0 saturated heterocycles. The van der Waals surface area contributed by atoms with Crippen molar-refractivity contribution in [1.29, 1.82) is 0 Å². The van der Waals surface area contributed by atoms with E-state index in [2.05, 4.69) is 5.32 Å². The van der Waals surface area contributed by atoms with Crippen LogP contribution in [0, 0.1) is 0 Å². The van der Waals surface area contributed by atoms with Crippen LogP contribution in [-0.2, 0) is 0 Å². The maximum atomic E-state index is 8.70. The third-order valence-electron chi connectivity index (χ3n) is 1.58. The van der Waals surface area contributed by atoms with E-state index in [0.717, 1.165) is 5.82 Å². The van der Waals surface area contributed by atoms with Crippen molar-refractivity contribution >= 4 is 24.8 Å². The number of rotatable bonds is 2. The number of nitrogens with one attached hydrogen (secondary N) is 1. The van der Waals surface area contributed by atoms with Crippen molar-refractivity contribution in [2.45, 2.75) is 13.8 Å². The molecule has 13 heavy (non-hydrogen) atoms. The lowest BCUT2D eigenvalue weighted by atomic mass is 10.3. The van der Waals surface area contributed by atoms with Gasteiger partial charge in [-0.2, -0.15) is 0 Å². The van der Waals surface area contributed by atoms with Crippen molar-refractivity contribution in [3.05, 3.63) is 23.8 Å². The topological polar surface area (TPSA) is 35.5 Å². The summed E-state index contributed by atoms with van der Waals surface area (Å²) in [6, 6.07) is 0. The molecule has 0 amide bonds. The summed E-state index contributed by atoms with van der Waals surface area (Å²) in [5.41, 5.74) is 1.23. The fourth-order valence-corrected chi connectivity index (χ4v) is 1.09. The second-order valence-corrected chi connectivity index (χ2v) is 2.73. The van der Waals surface area contributed by atoms with Crippen LogP contribution in [0.1, 0.15) is 13.8 Å². The van der Waals surface area contributed by atoms with Crippen LogP contribution >= 0.6 is 24.8 Å². The molecule has 0 atom stereocenters. The lowest BCUT2D eigenvalue weighted by Gasteiger charge is -2.17. The van der Waals surface area contributed by atoms with Gasteiger partial charge in [0.2, 0.25) is 0 Å². The van der Waals surface area contributed by atoms with E-state index in [1.165, 1.54) is 5.57 Å². The van der Waals surface area contributed by atoms with Crippen LogP contribution in [0.15, 0.2) is 23.8 Å². The first-order chi connectivity index (χ1) is 5.25. The zero-order valence-electron chi connectivity index (χ0n) is 7.78. The van der Waals surface area contributed by atoms with E-state index < -0.39 is 0 Å². The van der Waals surface area contributed by atoms with Crippen molar-refractivity contribution in [3.8, 4) is 0 Å². The van der Waals surface area contributed by atoms with Crippen molar-refractivity contribution in [3.63, 3.8) is 0 Å². The van der Waals surface area contributed by atoms with E-state index in [4.69, 9.17) is 5.11 Å². The minimum atomic E-state index is 0. The fraction of sp³-hybridized carbons (Fsp3) is 0.500. The highest BCUT2D eigenvalue weighted by Gasteiger charge is 2.10. The summed E-state index contributed by atoms with van der Waals surface area (Å²) in [5.74, 6) is 1.08. The SMILES string of the molecule is CC(C)=C1NC=CN1CCO.Cl.Cl. The second kappa shape index (κ2) is 7.06. The van der Waals surface area contributed by atoms with Gasteiger partial charge in [0.15, 0.2) is 0 Å². The standard InChI is InChI=1S/C8H14N2O.2ClH/c1-7(2)8-9-3-4-10(8)5-6-11;;/h3-4,9,11H,5-6H2,1-2H3;2*1H. The molecule has 0 radical (unpaired) electrons. The molecule has 0 saturated carbocycles. The van der Waals surface area contributed by atoms with Gasteiger partial charge in [-0.15, -0.1) is 24.8 Å². The lowest BCUT2D eigenvalue weighted by molar-refractivity contribution is 0.257. The Kier molecular flexibility index (Phi) is 8.21. The lowest BCUT2D eigenvalue weighted by Crippen LogP contribution is -2.22. The van der Waals surface area contributed by atoms with Gasteiger partial charge in [-0.1, -0.05) is 0 Å². The maximum absolute atomic E-state index is 8.70. The number of hydrogen-bond donors (Lipinski definition) is 2. The van der Waals surface area contributed by atoms with E-state index in [-0.39, 0.29) is 31.4 Å². The Morgan fingerprint density at radius 3 is 2.54 bits per heavy atom. The van der Waals surface area contributed by atoms with Crippen LogP contribution in [0.5, 0.6) is 0 Å². The second-order valence-electron chi connectivity index (χ2n) is 2.73. The number of nitrogens with zero attached hydrogens (tertiary/aromatic N) is 1. The molecule has 2 N–H and O–H groups in total. The van der Waals surface area contributed by atoms with Gasteiger partial charge in [0, 0.05) is 18.9 Å². The largest absolute Gasteiger partial charge is 0.395 e. The maximum Gasteiger partial charge on any atom is 0.108 e. The first-order valence-corrected chi connectivity index (χ1v) is 3.74. The van der Waals surface area contributed by atoms with Gasteiger partial charge in [0.1, 0.15) is 5.82 Å². The molecule has 78 valence electrons. The molecular weight excluding hydrogens is 211 g/mol. The Hall–Kier alpha value is -0.380. The molecule has 1 heterocycles. The molecule has 0 fully saturated rings. The van der Waals surface area contributed by atoms with Crippen LogP contribution < -0.4 is 5.32 Å². The Balaban J connectivity index is 0. The van der Waals surface area contributed by atoms with E-state index in [1.807, 2.05) is 31.1 Å². The monoisotopic (exact) mass is 226 g/mol. The highest BCUT2D eigenvalue weighted by molar-refractivity contribution is 5.85. The first kappa shape index (κ1) is 15.1. The minimum Gasteiger partial charge on any atom is -0.395 e. The number of hydrogen-bond acceptors (Lipinski definition) is 3. The molecule has 0 aromatic rings. The quantitative estimate of drug-likeness (QED) is 0.749. The highest BCUT2D eigenvalue weighted by Crippen LogP contribution is 2.11. The average molecular weight is 227 g/mol. The summed E-state index contributed by atoms with van der Waals surface area (Å²) in [6.45, 7) is 4.92. The summed E-state index contributed by atoms with van der Waals surface area (Å²) >= 11 is 0. The zero-order chi connectivity index (χ0) is 8.27. The van der Waals surface area contributed by atoms with Gasteiger partial charge in [0.25, 0.3) is 0 Å². The van der Waals surface area contributed by atoms with E-state index in [0.29, 0.717) is 6.54 Å². The molecule has 1 aliphatic rings. The molecule has 0 unspecified atom stereocenters. The molecule has 1 aliphatic heterocycles. The third-order valence-corrected chi connectivity index (χ3v) is 1.58. The minimum absolute atomic E-state index is 0. The van der Waals surface area contributed by atoms with Crippen LogP contribution in [0.3, 0.4) is 0 Å². The van der Waals surface area contributed by atoms with Gasteiger partial charge >= 0.3 is 0 Å². The molecule has 3 nitrogen and oxygen atoms in total. The summed E-state index contributed by atoms with van der Waals surface area (Å²) < 4.78 is 0. The Morgan fingerprint density at radius 2 is 2.08 bits per heavy atom. The van der Waals surface area contributed by atoms with Crippen molar-refractivity contribution in [2.24, 2.45) is 0 Å². The van der Waals surface area contributed by atoms with Gasteiger partial charge in [-0.05, 0) is 19.4 Å². The average Bonchev–Trinajstić information content (AvgIpc) is 2.36. The third kappa shape index (κ3) is 3.89. The normalized spacial score (nSPS) is 13.2. The smallest absolute Gasteiger partial charge is 0.108 e. The van der Waals surface area contributed by atoms with Gasteiger partial charge in [0.05, 0.1) is 6.61 Å². The predicted molar refractivity (Wildman–Crippen MR) is 58.9 cm³/mol. The number of aliphatic hydroxyl groups excluding tert-OH is 1. The number of halogens is 2. The summed E-state index contributed by atoms with van der Waals surface area (Å²) in [7, 11) is 0. The first-order valence-electron chi connectivity index (χ1n) is 3.74. The Bertz CT molecular complexity index is 200. The number of β-amino-alcohol motifs (C(OH)–C–C–N with tert-alkyl or cyclic N) is 1. The summed E-state index contributed by atoms with van der Waals surface area (Å²) in [4.78, 5) is 2.00. The van der Waals surface area contributed by atoms with Crippen molar-refractivity contribution in [1.82, 2.24) is 10.2 Å². The van der Waals surface area contributed by atoms with Crippen LogP contribution in [0.2, 0.25) is 0 Å². The van der Waals surface area contributed by atoms with Crippen molar-refractivity contribution in [2.75, 3.05) is 13.2 Å². The number of allylic oxidation sites excluding steroid dienone is 1. The predicted octanol–water partition coefficient (Wildman–Crippen LogP) is 1.45. The van der Waals surface area contributed by atoms with Gasteiger partial charge in [-0.3, -0.25) is 0 Å². The number of aliphatic hydroxyl groups is 1. The van der Waals surface area contributed by atoms with Crippen LogP contribution in [0.25, 0.3) is 0 Å². The molecule has 0 spiro atoms. The Labute approximate surface area is 91.3 Å². The van der Waals surface area contributed by atoms with Gasteiger partial charge < -0.3 is 15.3 Å². The van der Waals surface area contributed by atoms with E-state index in [1.54, 1.807) is 0 Å². The molecular formula is C8H16Cl2N2O. The highest BCUT2D eigenvalue weighted by atomic mass is 35.5. The molecule has 0 aromatic carbocycles. The van der Waals surface area contributed by atoms with Crippen molar-refractivity contribution < 1.29 is 5.11 Å². The Morgan fingerprint density at radius 1 is 1.46 bits per heavy atom. The van der Waals surface area contributed by atoms with Gasteiger partial charge in [-0.25, -0.2) is 0 Å². The molecule has 0 aromatic heterocycles. The zero-order valence-corrected chi connectivity index (χ0v) is 9.41. The fourth-order valence-electron chi connectivity index (χ4n) is 1.09. The van der Waals surface area contributed by atoms with E-state index in [9.17, 15) is 0 Å². The summed E-state index contributed by atoms with van der Waals surface area (Å²) in [5, 5.41) is 11.8. The molecule has 0 aliphatic carbocycles. The van der Waals surface area contributed by atoms with E-state index >= 15 is 0 Å². The molecule has 5 heteroatoms. The van der Waals surface area contributed by atoms with Crippen LogP contribution in [-0.4, -0.2) is 23.2 Å². The molecule has 0 bridgehead atoms.